The quantitative estimate of drug-likeness (QED) is 0.839. The molecule has 1 atom stereocenters. The third-order valence-electron chi connectivity index (χ3n) is 2.37. The first-order chi connectivity index (χ1) is 9.04. The lowest BCUT2D eigenvalue weighted by Crippen LogP contribution is -2.30. The number of ether oxygens (including phenoxy) is 1. The smallest absolute Gasteiger partial charge is 0.266 e. The Morgan fingerprint density at radius 1 is 1.42 bits per heavy atom. The number of nitrogens with one attached hydrogen (secondary N) is 1. The van der Waals surface area contributed by atoms with E-state index in [2.05, 4.69) is 33.1 Å². The van der Waals surface area contributed by atoms with Crippen LogP contribution in [0.2, 0.25) is 0 Å². The van der Waals surface area contributed by atoms with Gasteiger partial charge in [-0.2, -0.15) is 0 Å². The van der Waals surface area contributed by atoms with Gasteiger partial charge in [-0.25, -0.2) is 0 Å². The summed E-state index contributed by atoms with van der Waals surface area (Å²) in [6, 6.07) is 9.14. The second-order valence-corrected chi connectivity index (χ2v) is 5.27. The highest BCUT2D eigenvalue weighted by molar-refractivity contribution is 14.1. The van der Waals surface area contributed by atoms with Crippen LogP contribution in [0, 0.1) is 10.5 Å². The Bertz CT molecular complexity index is 566. The largest absolute Gasteiger partial charge is 0.481 e. The Balaban J connectivity index is 1.94. The Hall–Kier alpha value is -1.57. The molecule has 6 heteroatoms. The van der Waals surface area contributed by atoms with Crippen LogP contribution < -0.4 is 10.1 Å². The number of carbonyl (C=O) groups excluding carboxylic acids is 1. The number of halogens is 1. The van der Waals surface area contributed by atoms with Gasteiger partial charge in [0.2, 0.25) is 0 Å². The van der Waals surface area contributed by atoms with Gasteiger partial charge in [0.15, 0.2) is 11.9 Å². The van der Waals surface area contributed by atoms with Crippen molar-refractivity contribution >= 4 is 34.3 Å². The molecule has 0 aliphatic heterocycles. The molecule has 5 nitrogen and oxygen atoms in total. The summed E-state index contributed by atoms with van der Waals surface area (Å²) in [4.78, 5) is 11.9. The van der Waals surface area contributed by atoms with E-state index in [1.165, 1.54) is 0 Å². The number of anilines is 1. The molecule has 1 amide bonds. The number of hydrogen-bond acceptors (Lipinski definition) is 4. The minimum Gasteiger partial charge on any atom is -0.481 e. The minimum absolute atomic E-state index is 0.271. The van der Waals surface area contributed by atoms with Gasteiger partial charge in [0, 0.05) is 9.64 Å². The summed E-state index contributed by atoms with van der Waals surface area (Å²) in [5, 5.41) is 6.32. The first-order valence-corrected chi connectivity index (χ1v) is 6.79. The number of carbonyl (C=O) groups is 1. The topological polar surface area (TPSA) is 64.4 Å². The fourth-order valence-corrected chi connectivity index (χ4v) is 1.78. The lowest BCUT2D eigenvalue weighted by atomic mass is 10.3. The van der Waals surface area contributed by atoms with Gasteiger partial charge in [-0.05, 0) is 60.7 Å². The summed E-state index contributed by atoms with van der Waals surface area (Å²) in [5.74, 6) is 1.41. The van der Waals surface area contributed by atoms with Crippen molar-refractivity contribution in [2.45, 2.75) is 20.0 Å². The van der Waals surface area contributed by atoms with E-state index in [1.807, 2.05) is 24.3 Å². The van der Waals surface area contributed by atoms with E-state index in [4.69, 9.17) is 9.26 Å². The Morgan fingerprint density at radius 2 is 2.11 bits per heavy atom. The number of nitrogens with zero attached hydrogens (tertiary/aromatic N) is 1. The van der Waals surface area contributed by atoms with E-state index >= 15 is 0 Å². The standard InChI is InChI=1S/C13H13IN2O3/c1-8-7-12(16-19-8)15-13(17)9(2)18-11-5-3-10(14)4-6-11/h3-7,9H,1-2H3,(H,15,16,17). The van der Waals surface area contributed by atoms with E-state index < -0.39 is 6.10 Å². The normalized spacial score (nSPS) is 11.9. The number of aromatic nitrogens is 1. The molecule has 0 fully saturated rings. The van der Waals surface area contributed by atoms with E-state index in [0.29, 0.717) is 17.3 Å². The summed E-state index contributed by atoms with van der Waals surface area (Å²) >= 11 is 2.21. The van der Waals surface area contributed by atoms with Crippen LogP contribution in [0.3, 0.4) is 0 Å². The average Bonchev–Trinajstić information content (AvgIpc) is 2.77. The predicted molar refractivity (Wildman–Crippen MR) is 79.1 cm³/mol. The van der Waals surface area contributed by atoms with Crippen LogP contribution in [0.4, 0.5) is 5.82 Å². The second-order valence-electron chi connectivity index (χ2n) is 4.03. The monoisotopic (exact) mass is 372 g/mol. The van der Waals surface area contributed by atoms with Gasteiger partial charge in [-0.15, -0.1) is 0 Å². The molecular formula is C13H13IN2O3. The molecule has 1 aromatic heterocycles. The van der Waals surface area contributed by atoms with Crippen molar-refractivity contribution in [1.29, 1.82) is 0 Å². The molecule has 2 aromatic rings. The van der Waals surface area contributed by atoms with Crippen molar-refractivity contribution in [3.63, 3.8) is 0 Å². The number of amides is 1. The summed E-state index contributed by atoms with van der Waals surface area (Å²) < 4.78 is 11.5. The molecule has 0 radical (unpaired) electrons. The molecule has 0 saturated carbocycles. The van der Waals surface area contributed by atoms with E-state index in [-0.39, 0.29) is 5.91 Å². The van der Waals surface area contributed by atoms with Gasteiger partial charge in [0.1, 0.15) is 11.5 Å². The van der Waals surface area contributed by atoms with Crippen molar-refractivity contribution in [3.8, 4) is 5.75 Å². The number of rotatable bonds is 4. The van der Waals surface area contributed by atoms with Crippen molar-refractivity contribution in [2.24, 2.45) is 0 Å². The van der Waals surface area contributed by atoms with Crippen molar-refractivity contribution in [1.82, 2.24) is 5.16 Å². The molecule has 0 aliphatic carbocycles. The lowest BCUT2D eigenvalue weighted by Gasteiger charge is -2.13. The highest BCUT2D eigenvalue weighted by Crippen LogP contribution is 2.15. The number of aryl methyl sites for hydroxylation is 1. The molecule has 0 aliphatic rings. The van der Waals surface area contributed by atoms with Gasteiger partial charge in [-0.1, -0.05) is 5.16 Å². The van der Waals surface area contributed by atoms with Crippen LogP contribution >= 0.6 is 22.6 Å². The summed E-state index contributed by atoms with van der Waals surface area (Å²) in [5.41, 5.74) is 0. The molecule has 19 heavy (non-hydrogen) atoms. The SMILES string of the molecule is Cc1cc(NC(=O)C(C)Oc2ccc(I)cc2)no1. The first kappa shape index (κ1) is 13.9. The Morgan fingerprint density at radius 3 is 2.68 bits per heavy atom. The fraction of sp³-hybridized carbons (Fsp3) is 0.231. The second kappa shape index (κ2) is 6.05. The van der Waals surface area contributed by atoms with Crippen LogP contribution in [-0.4, -0.2) is 17.2 Å². The third kappa shape index (κ3) is 3.95. The molecule has 100 valence electrons. The van der Waals surface area contributed by atoms with Crippen LogP contribution in [0.25, 0.3) is 0 Å². The number of benzene rings is 1. The summed E-state index contributed by atoms with van der Waals surface area (Å²) in [6.07, 6.45) is -0.614. The van der Waals surface area contributed by atoms with Gasteiger partial charge in [-0.3, -0.25) is 4.79 Å². The lowest BCUT2D eigenvalue weighted by molar-refractivity contribution is -0.122. The zero-order chi connectivity index (χ0) is 13.8. The number of hydrogen-bond donors (Lipinski definition) is 1. The maximum atomic E-state index is 11.9. The zero-order valence-corrected chi connectivity index (χ0v) is 12.7. The van der Waals surface area contributed by atoms with Crippen molar-refractivity contribution in [2.75, 3.05) is 5.32 Å². The van der Waals surface area contributed by atoms with Crippen LogP contribution in [0.15, 0.2) is 34.9 Å². The highest BCUT2D eigenvalue weighted by atomic mass is 127. The van der Waals surface area contributed by atoms with Gasteiger partial charge >= 0.3 is 0 Å². The van der Waals surface area contributed by atoms with E-state index in [1.54, 1.807) is 19.9 Å². The van der Waals surface area contributed by atoms with Gasteiger partial charge in [0.25, 0.3) is 5.91 Å². The van der Waals surface area contributed by atoms with Gasteiger partial charge < -0.3 is 14.6 Å². The van der Waals surface area contributed by atoms with E-state index in [9.17, 15) is 4.79 Å². The molecule has 2 rings (SSSR count). The van der Waals surface area contributed by atoms with Crippen molar-refractivity contribution < 1.29 is 14.1 Å². The molecule has 0 saturated heterocycles. The van der Waals surface area contributed by atoms with Crippen LogP contribution in [0.1, 0.15) is 12.7 Å². The fourth-order valence-electron chi connectivity index (χ4n) is 1.42. The molecule has 1 unspecified atom stereocenters. The minimum atomic E-state index is -0.614. The summed E-state index contributed by atoms with van der Waals surface area (Å²) in [7, 11) is 0. The first-order valence-electron chi connectivity index (χ1n) is 5.71. The molecular weight excluding hydrogens is 359 g/mol. The molecule has 0 bridgehead atoms. The Kier molecular flexibility index (Phi) is 4.41. The zero-order valence-electron chi connectivity index (χ0n) is 10.5. The molecule has 0 spiro atoms. The maximum Gasteiger partial charge on any atom is 0.266 e. The van der Waals surface area contributed by atoms with Crippen LogP contribution in [-0.2, 0) is 4.79 Å². The maximum absolute atomic E-state index is 11.9. The van der Waals surface area contributed by atoms with Crippen molar-refractivity contribution in [3.05, 3.63) is 39.7 Å². The molecule has 1 aromatic carbocycles. The Labute approximate surface area is 124 Å². The third-order valence-corrected chi connectivity index (χ3v) is 3.09. The predicted octanol–water partition coefficient (Wildman–Crippen LogP) is 2.99. The molecule has 1 N–H and O–H groups in total. The highest BCUT2D eigenvalue weighted by Gasteiger charge is 2.16. The summed E-state index contributed by atoms with van der Waals surface area (Å²) in [6.45, 7) is 3.44. The molecule has 1 heterocycles. The van der Waals surface area contributed by atoms with Crippen LogP contribution in [0.5, 0.6) is 5.75 Å². The van der Waals surface area contributed by atoms with Gasteiger partial charge in [0.05, 0.1) is 0 Å². The average molecular weight is 372 g/mol. The van der Waals surface area contributed by atoms with E-state index in [0.717, 1.165) is 3.57 Å².